The number of aliphatic hydroxyl groups is 1. The van der Waals surface area contributed by atoms with Crippen LogP contribution in [0.3, 0.4) is 0 Å². The minimum absolute atomic E-state index is 0.0861. The molecule has 1 saturated heterocycles. The van der Waals surface area contributed by atoms with Gasteiger partial charge in [-0.25, -0.2) is 4.79 Å². The number of fused-ring (bicyclic) bond motifs is 1. The van der Waals surface area contributed by atoms with E-state index in [0.29, 0.717) is 39.1 Å². The lowest BCUT2D eigenvalue weighted by molar-refractivity contribution is -0.0199. The van der Waals surface area contributed by atoms with Crippen molar-refractivity contribution in [3.05, 3.63) is 113 Å². The van der Waals surface area contributed by atoms with Crippen molar-refractivity contribution < 1.29 is 24.5 Å². The monoisotopic (exact) mass is 511 g/mol. The SMILES string of the molecule is O=C(O)N1CCC(c2ccc(CCO)cc2)C(OCc2cc(OCc3ccccc3)c3ccccc3c2)C1. The Balaban J connectivity index is 1.36. The summed E-state index contributed by atoms with van der Waals surface area (Å²) in [4.78, 5) is 13.2. The van der Waals surface area contributed by atoms with Crippen LogP contribution < -0.4 is 4.74 Å². The van der Waals surface area contributed by atoms with Crippen molar-refractivity contribution in [2.45, 2.75) is 38.1 Å². The molecule has 0 saturated carbocycles. The van der Waals surface area contributed by atoms with E-state index in [2.05, 4.69) is 30.3 Å². The number of rotatable bonds is 9. The van der Waals surface area contributed by atoms with Crippen molar-refractivity contribution in [1.82, 2.24) is 4.90 Å². The van der Waals surface area contributed by atoms with Crippen LogP contribution in [0, 0.1) is 0 Å². The van der Waals surface area contributed by atoms with Gasteiger partial charge in [-0.15, -0.1) is 0 Å². The third kappa shape index (κ3) is 6.15. The Kier molecular flexibility index (Phi) is 8.22. The molecule has 196 valence electrons. The molecule has 2 atom stereocenters. The van der Waals surface area contributed by atoms with E-state index in [1.807, 2.05) is 60.7 Å². The highest BCUT2D eigenvalue weighted by Gasteiger charge is 2.33. The second kappa shape index (κ2) is 12.1. The number of amides is 1. The third-order valence-corrected chi connectivity index (χ3v) is 7.22. The van der Waals surface area contributed by atoms with Gasteiger partial charge in [-0.2, -0.15) is 0 Å². The fourth-order valence-corrected chi connectivity index (χ4v) is 5.18. The quantitative estimate of drug-likeness (QED) is 0.288. The Hall–Kier alpha value is -3.87. The van der Waals surface area contributed by atoms with Crippen molar-refractivity contribution in [2.75, 3.05) is 19.7 Å². The number of ether oxygens (including phenoxy) is 2. The topological polar surface area (TPSA) is 79.2 Å². The maximum Gasteiger partial charge on any atom is 0.407 e. The molecule has 0 radical (unpaired) electrons. The molecule has 0 spiro atoms. The van der Waals surface area contributed by atoms with E-state index in [-0.39, 0.29) is 18.6 Å². The lowest BCUT2D eigenvalue weighted by Gasteiger charge is -2.37. The maximum absolute atomic E-state index is 11.7. The lowest BCUT2D eigenvalue weighted by Crippen LogP contribution is -2.46. The second-order valence-corrected chi connectivity index (χ2v) is 9.78. The van der Waals surface area contributed by atoms with Crippen LogP contribution in [0.25, 0.3) is 10.8 Å². The van der Waals surface area contributed by atoms with Crippen LogP contribution in [0.2, 0.25) is 0 Å². The van der Waals surface area contributed by atoms with Crippen molar-refractivity contribution in [3.63, 3.8) is 0 Å². The molecule has 2 unspecified atom stereocenters. The second-order valence-electron chi connectivity index (χ2n) is 9.78. The number of hydrogen-bond donors (Lipinski definition) is 2. The molecular weight excluding hydrogens is 478 g/mol. The Morgan fingerprint density at radius 3 is 2.39 bits per heavy atom. The number of nitrogens with zero attached hydrogens (tertiary/aromatic N) is 1. The molecule has 6 heteroatoms. The van der Waals surface area contributed by atoms with Gasteiger partial charge in [0.1, 0.15) is 12.4 Å². The van der Waals surface area contributed by atoms with Gasteiger partial charge >= 0.3 is 6.09 Å². The van der Waals surface area contributed by atoms with Gasteiger partial charge in [0.05, 0.1) is 19.3 Å². The Bertz CT molecular complexity index is 1360. The Labute approximate surface area is 223 Å². The number of likely N-dealkylation sites (tertiary alicyclic amines) is 1. The molecule has 4 aromatic carbocycles. The summed E-state index contributed by atoms with van der Waals surface area (Å²) in [6.45, 7) is 1.74. The number of aliphatic hydroxyl groups excluding tert-OH is 1. The predicted octanol–water partition coefficient (Wildman–Crippen LogP) is 6.01. The number of carboxylic acid groups (broad SMARTS) is 1. The van der Waals surface area contributed by atoms with Crippen LogP contribution in [0.4, 0.5) is 4.79 Å². The number of benzene rings is 4. The van der Waals surface area contributed by atoms with Crippen molar-refractivity contribution in [1.29, 1.82) is 0 Å². The van der Waals surface area contributed by atoms with Gasteiger partial charge in [0.15, 0.2) is 0 Å². The normalized spacial score (nSPS) is 17.4. The van der Waals surface area contributed by atoms with Crippen LogP contribution in [0.5, 0.6) is 5.75 Å². The van der Waals surface area contributed by atoms with Gasteiger partial charge in [-0.1, -0.05) is 78.9 Å². The van der Waals surface area contributed by atoms with Crippen LogP contribution in [-0.2, 0) is 24.4 Å². The van der Waals surface area contributed by atoms with E-state index in [1.54, 1.807) is 0 Å². The molecule has 0 aromatic heterocycles. The zero-order valence-corrected chi connectivity index (χ0v) is 21.3. The summed E-state index contributed by atoms with van der Waals surface area (Å²) in [6, 6.07) is 30.6. The van der Waals surface area contributed by atoms with E-state index in [9.17, 15) is 15.0 Å². The molecule has 5 rings (SSSR count). The smallest absolute Gasteiger partial charge is 0.407 e. The molecule has 1 aliphatic rings. The van der Waals surface area contributed by atoms with Crippen LogP contribution in [0.15, 0.2) is 91.0 Å². The van der Waals surface area contributed by atoms with Gasteiger partial charge in [0.2, 0.25) is 0 Å². The molecule has 0 aliphatic carbocycles. The van der Waals surface area contributed by atoms with Gasteiger partial charge in [0.25, 0.3) is 0 Å². The predicted molar refractivity (Wildman–Crippen MR) is 147 cm³/mol. The third-order valence-electron chi connectivity index (χ3n) is 7.22. The summed E-state index contributed by atoms with van der Waals surface area (Å²) < 4.78 is 12.7. The van der Waals surface area contributed by atoms with E-state index in [0.717, 1.165) is 38.8 Å². The molecule has 1 fully saturated rings. The van der Waals surface area contributed by atoms with Gasteiger partial charge in [-0.05, 0) is 52.6 Å². The molecule has 1 amide bonds. The highest BCUT2D eigenvalue weighted by atomic mass is 16.5. The fraction of sp³-hybridized carbons (Fsp3) is 0.281. The minimum atomic E-state index is -0.919. The van der Waals surface area contributed by atoms with Crippen molar-refractivity contribution in [2.24, 2.45) is 0 Å². The summed E-state index contributed by atoms with van der Waals surface area (Å²) in [7, 11) is 0. The van der Waals surface area contributed by atoms with E-state index < -0.39 is 6.09 Å². The maximum atomic E-state index is 11.7. The van der Waals surface area contributed by atoms with Crippen molar-refractivity contribution in [3.8, 4) is 5.75 Å². The fourth-order valence-electron chi connectivity index (χ4n) is 5.18. The molecule has 4 aromatic rings. The van der Waals surface area contributed by atoms with Crippen LogP contribution in [-0.4, -0.2) is 47.0 Å². The molecule has 0 bridgehead atoms. The standard InChI is InChI=1S/C32H33NO5/c34-17-15-23-10-12-26(13-11-23)29-14-16-33(32(35)36)20-31(29)38-22-25-18-27-8-4-5-9-28(27)30(19-25)37-21-24-6-2-1-3-7-24/h1-13,18-19,29,31,34H,14-17,20-22H2,(H,35,36). The summed E-state index contributed by atoms with van der Waals surface area (Å²) in [5.74, 6) is 0.889. The molecule has 2 N–H and O–H groups in total. The summed E-state index contributed by atoms with van der Waals surface area (Å²) in [5, 5.41) is 21.0. The molecule has 38 heavy (non-hydrogen) atoms. The minimum Gasteiger partial charge on any atom is -0.488 e. The largest absolute Gasteiger partial charge is 0.488 e. The Morgan fingerprint density at radius 1 is 0.868 bits per heavy atom. The Morgan fingerprint density at radius 2 is 1.63 bits per heavy atom. The first-order valence-corrected chi connectivity index (χ1v) is 13.1. The van der Waals surface area contributed by atoms with Gasteiger partial charge < -0.3 is 24.6 Å². The van der Waals surface area contributed by atoms with E-state index in [1.165, 1.54) is 4.90 Å². The first kappa shape index (κ1) is 25.8. The van der Waals surface area contributed by atoms with E-state index in [4.69, 9.17) is 9.47 Å². The number of carbonyl (C=O) groups is 1. The highest BCUT2D eigenvalue weighted by molar-refractivity contribution is 5.89. The zero-order chi connectivity index (χ0) is 26.3. The molecule has 1 heterocycles. The summed E-state index contributed by atoms with van der Waals surface area (Å²) >= 11 is 0. The summed E-state index contributed by atoms with van der Waals surface area (Å²) in [6.07, 6.45) is 0.120. The average Bonchev–Trinajstić information content (AvgIpc) is 2.96. The van der Waals surface area contributed by atoms with Gasteiger partial charge in [0, 0.05) is 24.5 Å². The lowest BCUT2D eigenvalue weighted by atomic mass is 9.86. The zero-order valence-electron chi connectivity index (χ0n) is 21.3. The molecule has 1 aliphatic heterocycles. The van der Waals surface area contributed by atoms with E-state index >= 15 is 0 Å². The van der Waals surface area contributed by atoms with Crippen LogP contribution in [0.1, 0.15) is 34.6 Å². The number of hydrogen-bond acceptors (Lipinski definition) is 4. The first-order valence-electron chi connectivity index (χ1n) is 13.1. The number of piperidine rings is 1. The first-order chi connectivity index (χ1) is 18.6. The molecular formula is C32H33NO5. The van der Waals surface area contributed by atoms with Crippen molar-refractivity contribution >= 4 is 16.9 Å². The van der Waals surface area contributed by atoms with Gasteiger partial charge in [-0.3, -0.25) is 0 Å². The molecule has 6 nitrogen and oxygen atoms in total. The summed E-state index contributed by atoms with van der Waals surface area (Å²) in [5.41, 5.74) is 4.29. The highest BCUT2D eigenvalue weighted by Crippen LogP contribution is 2.33. The average molecular weight is 512 g/mol. The van der Waals surface area contributed by atoms with Crippen LogP contribution >= 0.6 is 0 Å².